The molecule has 0 aromatic carbocycles. The van der Waals surface area contributed by atoms with E-state index in [0.717, 1.165) is 0 Å². The molecule has 0 radical (unpaired) electrons. The molecule has 0 aromatic heterocycles. The summed E-state index contributed by atoms with van der Waals surface area (Å²) >= 11 is 0. The van der Waals surface area contributed by atoms with Gasteiger partial charge in [-0.15, -0.1) is 0 Å². The lowest BCUT2D eigenvalue weighted by Crippen LogP contribution is -2.38. The Morgan fingerprint density at radius 1 is 1.64 bits per heavy atom. The van der Waals surface area contributed by atoms with Gasteiger partial charge in [0.05, 0.1) is 13.2 Å². The summed E-state index contributed by atoms with van der Waals surface area (Å²) in [5.74, 6) is -0.494. The van der Waals surface area contributed by atoms with Crippen LogP contribution in [0.3, 0.4) is 0 Å². The molecule has 80 valence electrons. The number of ether oxygens (including phenoxy) is 2. The van der Waals surface area contributed by atoms with E-state index in [4.69, 9.17) is 15.2 Å². The fraction of sp³-hybridized carbons (Fsp3) is 0.714. The number of nitrogens with two attached hydrogens (primary N) is 1. The molecule has 1 atom stereocenters. The molecule has 0 bridgehead atoms. The zero-order valence-electron chi connectivity index (χ0n) is 7.74. The Morgan fingerprint density at radius 2 is 2.29 bits per heavy atom. The molecule has 1 rings (SSSR count). The van der Waals surface area contributed by atoms with Gasteiger partial charge in [0.25, 0.3) is 0 Å². The molecule has 3 N–H and O–H groups in total. The molecule has 7 nitrogen and oxygen atoms in total. The van der Waals surface area contributed by atoms with Crippen molar-refractivity contribution in [3.8, 4) is 0 Å². The molecule has 1 saturated heterocycles. The molecule has 0 saturated carbocycles. The van der Waals surface area contributed by atoms with E-state index in [1.165, 1.54) is 0 Å². The van der Waals surface area contributed by atoms with Crippen molar-refractivity contribution in [3.63, 3.8) is 0 Å². The summed E-state index contributed by atoms with van der Waals surface area (Å²) in [7, 11) is 0. The summed E-state index contributed by atoms with van der Waals surface area (Å²) in [6.07, 6.45) is 0. The van der Waals surface area contributed by atoms with Crippen LogP contribution in [0.1, 0.15) is 6.92 Å². The second-order valence-corrected chi connectivity index (χ2v) is 2.76. The monoisotopic (exact) mass is 204 g/mol. The third-order valence-electron chi connectivity index (χ3n) is 1.62. The van der Waals surface area contributed by atoms with E-state index < -0.39 is 17.6 Å². The molecule has 1 fully saturated rings. The maximum absolute atomic E-state index is 11.2. The lowest BCUT2D eigenvalue weighted by molar-refractivity contribution is -0.152. The number of primary amides is 1. The van der Waals surface area contributed by atoms with E-state index in [9.17, 15) is 9.59 Å². The first-order chi connectivity index (χ1) is 6.60. The Labute approximate surface area is 80.4 Å². The highest BCUT2D eigenvalue weighted by Crippen LogP contribution is 2.28. The van der Waals surface area contributed by atoms with Crippen LogP contribution in [0.2, 0.25) is 0 Å². The molecule has 1 aliphatic heterocycles. The summed E-state index contributed by atoms with van der Waals surface area (Å²) in [6.45, 7) is 2.09. The summed E-state index contributed by atoms with van der Waals surface area (Å²) in [6, 6.07) is -0.829. The summed E-state index contributed by atoms with van der Waals surface area (Å²) in [5.41, 5.74) is 5.58. The van der Waals surface area contributed by atoms with E-state index in [2.05, 4.69) is 4.84 Å². The van der Waals surface area contributed by atoms with Crippen molar-refractivity contribution in [2.75, 3.05) is 19.8 Å². The minimum absolute atomic E-state index is 0.102. The highest BCUT2D eigenvalue weighted by Gasteiger charge is 2.54. The Kier molecular flexibility index (Phi) is 3.26. The first-order valence-corrected chi connectivity index (χ1v) is 4.09. The van der Waals surface area contributed by atoms with Gasteiger partial charge in [-0.25, -0.2) is 15.1 Å². The van der Waals surface area contributed by atoms with Crippen LogP contribution in [0.15, 0.2) is 0 Å². The number of carbonyl (C=O) groups excluding carboxylic acids is 2. The number of epoxide rings is 1. The van der Waals surface area contributed by atoms with Crippen LogP contribution >= 0.6 is 0 Å². The average Bonchev–Trinajstić information content (AvgIpc) is 2.85. The zero-order chi connectivity index (χ0) is 10.6. The molecule has 7 heteroatoms. The molecular weight excluding hydrogens is 192 g/mol. The van der Waals surface area contributed by atoms with Gasteiger partial charge >= 0.3 is 12.0 Å². The van der Waals surface area contributed by atoms with Crippen LogP contribution in [0.4, 0.5) is 4.79 Å². The maximum Gasteiger partial charge on any atom is 0.343 e. The second-order valence-electron chi connectivity index (χ2n) is 2.76. The smallest absolute Gasteiger partial charge is 0.343 e. The van der Waals surface area contributed by atoms with Crippen molar-refractivity contribution in [2.45, 2.75) is 12.5 Å². The molecule has 0 aromatic rings. The number of urea groups is 1. The molecule has 0 aliphatic carbocycles. The number of nitrogens with one attached hydrogen (secondary N) is 1. The third kappa shape index (κ3) is 2.57. The molecule has 2 amide bonds. The van der Waals surface area contributed by atoms with Gasteiger partial charge in [-0.2, -0.15) is 0 Å². The lowest BCUT2D eigenvalue weighted by atomic mass is 10.2. The highest BCUT2D eigenvalue weighted by molar-refractivity contribution is 5.82. The van der Waals surface area contributed by atoms with Crippen molar-refractivity contribution in [3.05, 3.63) is 0 Å². The van der Waals surface area contributed by atoms with E-state index in [1.54, 1.807) is 6.92 Å². The van der Waals surface area contributed by atoms with Crippen LogP contribution < -0.4 is 11.2 Å². The second kappa shape index (κ2) is 4.25. The van der Waals surface area contributed by atoms with E-state index in [0.29, 0.717) is 0 Å². The highest BCUT2D eigenvalue weighted by atomic mass is 16.7. The largest absolute Gasteiger partial charge is 0.464 e. The van der Waals surface area contributed by atoms with Gasteiger partial charge in [0.2, 0.25) is 5.60 Å². The van der Waals surface area contributed by atoms with Crippen LogP contribution in [-0.4, -0.2) is 37.4 Å². The summed E-state index contributed by atoms with van der Waals surface area (Å²) < 4.78 is 9.64. The van der Waals surface area contributed by atoms with Crippen molar-refractivity contribution >= 4 is 12.0 Å². The zero-order valence-corrected chi connectivity index (χ0v) is 7.74. The van der Waals surface area contributed by atoms with Gasteiger partial charge in [0.15, 0.2) is 0 Å². The SMILES string of the molecule is CCOC(=O)C1(CONC(N)=O)CO1. The third-order valence-corrected chi connectivity index (χ3v) is 1.62. The van der Waals surface area contributed by atoms with Gasteiger partial charge in [0, 0.05) is 0 Å². The predicted molar refractivity (Wildman–Crippen MR) is 44.0 cm³/mol. The van der Waals surface area contributed by atoms with Crippen LogP contribution in [-0.2, 0) is 19.1 Å². The van der Waals surface area contributed by atoms with Crippen molar-refractivity contribution in [1.82, 2.24) is 5.48 Å². The lowest BCUT2D eigenvalue weighted by Gasteiger charge is -2.10. The molecule has 14 heavy (non-hydrogen) atoms. The number of amides is 2. The molecule has 1 aliphatic rings. The molecule has 1 heterocycles. The Balaban J connectivity index is 2.28. The van der Waals surface area contributed by atoms with E-state index in [-0.39, 0.29) is 19.8 Å². The summed E-state index contributed by atoms with van der Waals surface area (Å²) in [5, 5.41) is 0. The van der Waals surface area contributed by atoms with Crippen LogP contribution in [0, 0.1) is 0 Å². The quantitative estimate of drug-likeness (QED) is 0.337. The van der Waals surface area contributed by atoms with Crippen LogP contribution in [0.25, 0.3) is 0 Å². The van der Waals surface area contributed by atoms with Gasteiger partial charge in [0.1, 0.15) is 6.61 Å². The number of hydrogen-bond donors (Lipinski definition) is 2. The predicted octanol–water partition coefficient (Wildman–Crippen LogP) is -1.08. The minimum atomic E-state index is -1.06. The van der Waals surface area contributed by atoms with Crippen molar-refractivity contribution in [2.24, 2.45) is 5.73 Å². The number of rotatable bonds is 5. The van der Waals surface area contributed by atoms with Gasteiger partial charge in [-0.3, -0.25) is 4.84 Å². The van der Waals surface area contributed by atoms with Crippen LogP contribution in [0.5, 0.6) is 0 Å². The molecule has 1 unspecified atom stereocenters. The Bertz CT molecular complexity index is 238. The number of hydrogen-bond acceptors (Lipinski definition) is 5. The van der Waals surface area contributed by atoms with Crippen molar-refractivity contribution < 1.29 is 23.9 Å². The Hall–Kier alpha value is -1.34. The molecule has 0 spiro atoms. The number of hydroxylamine groups is 1. The first-order valence-electron chi connectivity index (χ1n) is 4.09. The van der Waals surface area contributed by atoms with E-state index in [1.807, 2.05) is 5.48 Å². The number of esters is 1. The summed E-state index contributed by atoms with van der Waals surface area (Å²) in [4.78, 5) is 26.1. The van der Waals surface area contributed by atoms with Gasteiger partial charge in [-0.1, -0.05) is 0 Å². The first kappa shape index (κ1) is 10.7. The fourth-order valence-corrected chi connectivity index (χ4v) is 0.834. The minimum Gasteiger partial charge on any atom is -0.464 e. The maximum atomic E-state index is 11.2. The Morgan fingerprint density at radius 3 is 2.71 bits per heavy atom. The van der Waals surface area contributed by atoms with Crippen molar-refractivity contribution in [1.29, 1.82) is 0 Å². The average molecular weight is 204 g/mol. The standard InChI is InChI=1S/C7H12N2O5/c1-2-12-5(10)7(3-13-7)4-14-9-6(8)11/h2-4H2,1H3,(H3,8,9,11). The van der Waals surface area contributed by atoms with Gasteiger partial charge in [-0.05, 0) is 6.92 Å². The fourth-order valence-electron chi connectivity index (χ4n) is 0.834. The van der Waals surface area contributed by atoms with E-state index >= 15 is 0 Å². The topological polar surface area (TPSA) is 103 Å². The molecular formula is C7H12N2O5. The van der Waals surface area contributed by atoms with Gasteiger partial charge < -0.3 is 15.2 Å². The number of carbonyl (C=O) groups is 2. The normalized spacial score (nSPS) is 24.1.